The van der Waals surface area contributed by atoms with E-state index in [1.54, 1.807) is 0 Å². The highest BCUT2D eigenvalue weighted by molar-refractivity contribution is 5.78. The van der Waals surface area contributed by atoms with Gasteiger partial charge in [0.05, 0.1) is 6.42 Å². The summed E-state index contributed by atoms with van der Waals surface area (Å²) in [5.41, 5.74) is 1.59. The molecule has 0 bridgehead atoms. The average Bonchev–Trinajstić information content (AvgIpc) is 2.71. The van der Waals surface area contributed by atoms with Crippen LogP contribution >= 0.6 is 0 Å². The monoisotopic (exact) mass is 400 g/mol. The van der Waals surface area contributed by atoms with Crippen LogP contribution in [0.3, 0.4) is 0 Å². The first-order chi connectivity index (χ1) is 13.9. The molecule has 2 aromatic carbocycles. The number of halogens is 1. The molecule has 1 aliphatic rings. The molecule has 0 aromatic heterocycles. The molecule has 0 saturated carbocycles. The van der Waals surface area contributed by atoms with Crippen LogP contribution in [-0.2, 0) is 22.6 Å². The van der Waals surface area contributed by atoms with E-state index in [-0.39, 0.29) is 5.91 Å². The Hall–Kier alpha value is -2.93. The standard InChI is InChI=1S/C22H25FN2O4/c1-16(22(27)28)29-20-8-7-19(23)14-18(20)15-24-9-11-25(12-10-24)21(26)13-17-5-3-2-4-6-17/h2-8,14,16H,9-13,15H2,1H3,(H,27,28). The molecule has 7 heteroatoms. The molecule has 29 heavy (non-hydrogen) atoms. The lowest BCUT2D eigenvalue weighted by Crippen LogP contribution is -2.48. The van der Waals surface area contributed by atoms with Gasteiger partial charge in [0, 0.05) is 38.3 Å². The molecule has 0 aliphatic carbocycles. The lowest BCUT2D eigenvalue weighted by atomic mass is 10.1. The lowest BCUT2D eigenvalue weighted by Gasteiger charge is -2.35. The molecular formula is C22H25FN2O4. The van der Waals surface area contributed by atoms with Crippen LogP contribution in [0.2, 0.25) is 0 Å². The van der Waals surface area contributed by atoms with Gasteiger partial charge in [0.15, 0.2) is 6.10 Å². The molecule has 3 rings (SSSR count). The van der Waals surface area contributed by atoms with Crippen molar-refractivity contribution in [3.05, 3.63) is 65.5 Å². The van der Waals surface area contributed by atoms with Crippen molar-refractivity contribution < 1.29 is 23.8 Å². The quantitative estimate of drug-likeness (QED) is 0.774. The second kappa shape index (κ2) is 9.52. The Balaban J connectivity index is 1.57. The van der Waals surface area contributed by atoms with Gasteiger partial charge in [-0.2, -0.15) is 0 Å². The molecular weight excluding hydrogens is 375 g/mol. The highest BCUT2D eigenvalue weighted by atomic mass is 19.1. The first kappa shape index (κ1) is 20.8. The van der Waals surface area contributed by atoms with Crippen LogP contribution in [0, 0.1) is 5.82 Å². The summed E-state index contributed by atoms with van der Waals surface area (Å²) < 4.78 is 19.2. The van der Waals surface area contributed by atoms with E-state index in [0.717, 1.165) is 5.56 Å². The van der Waals surface area contributed by atoms with Gasteiger partial charge >= 0.3 is 5.97 Å². The van der Waals surface area contributed by atoms with Crippen molar-refractivity contribution in [1.82, 2.24) is 9.80 Å². The first-order valence-electron chi connectivity index (χ1n) is 9.64. The number of amides is 1. The number of carboxylic acids is 1. The Morgan fingerprint density at radius 3 is 2.45 bits per heavy atom. The molecule has 1 saturated heterocycles. The molecule has 1 fully saturated rings. The number of ether oxygens (including phenoxy) is 1. The fourth-order valence-corrected chi connectivity index (χ4v) is 3.31. The van der Waals surface area contributed by atoms with Gasteiger partial charge in [-0.05, 0) is 30.7 Å². The highest BCUT2D eigenvalue weighted by Crippen LogP contribution is 2.23. The number of hydrogen-bond acceptors (Lipinski definition) is 4. The Morgan fingerprint density at radius 1 is 1.10 bits per heavy atom. The van der Waals surface area contributed by atoms with E-state index >= 15 is 0 Å². The summed E-state index contributed by atoms with van der Waals surface area (Å²) in [6, 6.07) is 13.7. The van der Waals surface area contributed by atoms with Gasteiger partial charge in [0.25, 0.3) is 0 Å². The van der Waals surface area contributed by atoms with E-state index in [1.165, 1.54) is 25.1 Å². The lowest BCUT2D eigenvalue weighted by molar-refractivity contribution is -0.144. The Bertz CT molecular complexity index is 851. The maximum atomic E-state index is 13.7. The second-order valence-corrected chi connectivity index (χ2v) is 7.17. The number of piperazine rings is 1. The second-order valence-electron chi connectivity index (χ2n) is 7.17. The zero-order chi connectivity index (χ0) is 20.8. The Labute approximate surface area is 169 Å². The van der Waals surface area contributed by atoms with E-state index in [4.69, 9.17) is 9.84 Å². The zero-order valence-electron chi connectivity index (χ0n) is 16.4. The van der Waals surface area contributed by atoms with Crippen molar-refractivity contribution in [3.63, 3.8) is 0 Å². The molecule has 1 aliphatic heterocycles. The largest absolute Gasteiger partial charge is 0.479 e. The highest BCUT2D eigenvalue weighted by Gasteiger charge is 2.23. The van der Waals surface area contributed by atoms with Crippen molar-refractivity contribution >= 4 is 11.9 Å². The van der Waals surface area contributed by atoms with Crippen molar-refractivity contribution in [2.24, 2.45) is 0 Å². The number of carbonyl (C=O) groups excluding carboxylic acids is 1. The number of hydrogen-bond donors (Lipinski definition) is 1. The average molecular weight is 400 g/mol. The van der Waals surface area contributed by atoms with Gasteiger partial charge in [-0.1, -0.05) is 30.3 Å². The van der Waals surface area contributed by atoms with Crippen LogP contribution in [-0.4, -0.2) is 59.1 Å². The normalized spacial score (nSPS) is 15.7. The number of aliphatic carboxylic acids is 1. The SMILES string of the molecule is CC(Oc1ccc(F)cc1CN1CCN(C(=O)Cc2ccccc2)CC1)C(=O)O. The minimum Gasteiger partial charge on any atom is -0.479 e. The van der Waals surface area contributed by atoms with Crippen LogP contribution < -0.4 is 4.74 Å². The topological polar surface area (TPSA) is 70.1 Å². The van der Waals surface area contributed by atoms with Gasteiger partial charge in [-0.25, -0.2) is 9.18 Å². The number of nitrogens with zero attached hydrogens (tertiary/aromatic N) is 2. The molecule has 1 unspecified atom stereocenters. The van der Waals surface area contributed by atoms with E-state index in [9.17, 15) is 14.0 Å². The predicted octanol–water partition coefficient (Wildman–Crippen LogP) is 2.56. The van der Waals surface area contributed by atoms with Crippen molar-refractivity contribution in [3.8, 4) is 5.75 Å². The Kier molecular flexibility index (Phi) is 6.82. The van der Waals surface area contributed by atoms with Gasteiger partial charge in [-0.3, -0.25) is 9.69 Å². The van der Waals surface area contributed by atoms with Gasteiger partial charge < -0.3 is 14.7 Å². The van der Waals surface area contributed by atoms with Gasteiger partial charge in [-0.15, -0.1) is 0 Å². The number of carboxylic acid groups (broad SMARTS) is 1. The fourth-order valence-electron chi connectivity index (χ4n) is 3.31. The van der Waals surface area contributed by atoms with Crippen LogP contribution in [0.15, 0.2) is 48.5 Å². The third kappa shape index (κ3) is 5.77. The minimum absolute atomic E-state index is 0.0981. The van der Waals surface area contributed by atoms with Gasteiger partial charge in [0.2, 0.25) is 5.91 Å². The van der Waals surface area contributed by atoms with E-state index < -0.39 is 17.9 Å². The molecule has 1 heterocycles. The summed E-state index contributed by atoms with van der Waals surface area (Å²) in [4.78, 5) is 27.5. The minimum atomic E-state index is -1.08. The third-order valence-corrected chi connectivity index (χ3v) is 4.99. The smallest absolute Gasteiger partial charge is 0.344 e. The van der Waals surface area contributed by atoms with E-state index in [1.807, 2.05) is 35.2 Å². The van der Waals surface area contributed by atoms with E-state index in [2.05, 4.69) is 4.90 Å². The fraction of sp³-hybridized carbons (Fsp3) is 0.364. The van der Waals surface area contributed by atoms with Crippen LogP contribution in [0.1, 0.15) is 18.1 Å². The number of rotatable bonds is 7. The molecule has 6 nitrogen and oxygen atoms in total. The maximum absolute atomic E-state index is 13.7. The predicted molar refractivity (Wildman–Crippen MR) is 106 cm³/mol. The Morgan fingerprint density at radius 2 is 1.79 bits per heavy atom. The van der Waals surface area contributed by atoms with Crippen molar-refractivity contribution in [2.75, 3.05) is 26.2 Å². The molecule has 0 radical (unpaired) electrons. The van der Waals surface area contributed by atoms with Crippen molar-refractivity contribution in [2.45, 2.75) is 26.0 Å². The molecule has 2 aromatic rings. The summed E-state index contributed by atoms with van der Waals surface area (Å²) >= 11 is 0. The van der Waals surface area contributed by atoms with Crippen molar-refractivity contribution in [1.29, 1.82) is 0 Å². The maximum Gasteiger partial charge on any atom is 0.344 e. The van der Waals surface area contributed by atoms with Crippen LogP contribution in [0.25, 0.3) is 0 Å². The summed E-state index contributed by atoms with van der Waals surface area (Å²) in [7, 11) is 0. The summed E-state index contributed by atoms with van der Waals surface area (Å²) in [6.07, 6.45) is -0.637. The van der Waals surface area contributed by atoms with E-state index in [0.29, 0.717) is 50.5 Å². The number of benzene rings is 2. The molecule has 1 atom stereocenters. The van der Waals surface area contributed by atoms with Gasteiger partial charge in [0.1, 0.15) is 11.6 Å². The molecule has 0 spiro atoms. The molecule has 1 amide bonds. The summed E-state index contributed by atoms with van der Waals surface area (Å²) in [5, 5.41) is 9.05. The molecule has 154 valence electrons. The zero-order valence-corrected chi connectivity index (χ0v) is 16.4. The summed E-state index contributed by atoms with van der Waals surface area (Å²) in [5.74, 6) is -1.01. The molecule has 1 N–H and O–H groups in total. The third-order valence-electron chi connectivity index (χ3n) is 4.99. The number of carbonyl (C=O) groups is 2. The first-order valence-corrected chi connectivity index (χ1v) is 9.64. The van der Waals surface area contributed by atoms with Crippen LogP contribution in [0.5, 0.6) is 5.75 Å². The summed E-state index contributed by atoms with van der Waals surface area (Å²) in [6.45, 7) is 4.38. The van der Waals surface area contributed by atoms with Crippen LogP contribution in [0.4, 0.5) is 4.39 Å².